The van der Waals surface area contributed by atoms with Gasteiger partial charge in [0.15, 0.2) is 12.1 Å². The van der Waals surface area contributed by atoms with Crippen LogP contribution in [0.25, 0.3) is 0 Å². The lowest BCUT2D eigenvalue weighted by Crippen LogP contribution is -1.97. The van der Waals surface area contributed by atoms with Crippen LogP contribution in [0.5, 0.6) is 0 Å². The highest BCUT2D eigenvalue weighted by Gasteiger charge is 2.23. The van der Waals surface area contributed by atoms with Crippen molar-refractivity contribution >= 4 is 30.4 Å². The van der Waals surface area contributed by atoms with Crippen LogP contribution in [-0.4, -0.2) is 27.6 Å². The molecule has 0 aromatic carbocycles. The summed E-state index contributed by atoms with van der Waals surface area (Å²) >= 11 is 0. The Morgan fingerprint density at radius 3 is 3.00 bits per heavy atom. The predicted octanol–water partition coefficient (Wildman–Crippen LogP) is 0.0768. The first-order valence-electron chi connectivity index (χ1n) is 3.03. The van der Waals surface area contributed by atoms with Gasteiger partial charge < -0.3 is 5.73 Å². The summed E-state index contributed by atoms with van der Waals surface area (Å²) in [6, 6.07) is 0. The van der Waals surface area contributed by atoms with E-state index in [-0.39, 0.29) is 0 Å². The van der Waals surface area contributed by atoms with Crippen molar-refractivity contribution in [2.24, 2.45) is 4.99 Å². The van der Waals surface area contributed by atoms with E-state index in [1.54, 1.807) is 10.9 Å². The molecule has 0 saturated heterocycles. The van der Waals surface area contributed by atoms with Crippen LogP contribution in [0, 0.1) is 0 Å². The number of hydrogen-bond acceptors (Lipinski definition) is 4. The number of nitrogens with zero attached hydrogens (tertiary/aromatic N) is 4. The van der Waals surface area contributed by atoms with E-state index in [1.165, 1.54) is 6.33 Å². The van der Waals surface area contributed by atoms with E-state index in [9.17, 15) is 0 Å². The summed E-state index contributed by atoms with van der Waals surface area (Å²) in [4.78, 5) is 11.7. The number of nitrogen functional groups attached to an aromatic ring is 1. The molecule has 1 aromatic heterocycles. The van der Waals surface area contributed by atoms with Gasteiger partial charge in [-0.05, 0) is 0 Å². The highest BCUT2D eigenvalue weighted by molar-refractivity contribution is 5.78. The Morgan fingerprint density at radius 2 is 2.27 bits per heavy atom. The molecule has 5 heteroatoms. The maximum Gasteiger partial charge on any atom is 0.314 e. The van der Waals surface area contributed by atoms with Crippen LogP contribution in [0.4, 0.5) is 17.3 Å². The van der Waals surface area contributed by atoms with Crippen molar-refractivity contribution in [2.75, 3.05) is 5.73 Å². The van der Waals surface area contributed by atoms with Gasteiger partial charge >= 0.3 is 5.82 Å². The van der Waals surface area contributed by atoms with Crippen LogP contribution in [0.1, 0.15) is 0 Å². The normalized spacial score (nSPS) is 13.6. The molecule has 0 aliphatic carbocycles. The van der Waals surface area contributed by atoms with Crippen molar-refractivity contribution < 1.29 is 4.58 Å². The monoisotopic (exact) mass is 148 g/mol. The fourth-order valence-electron chi connectivity index (χ4n) is 0.899. The first-order valence-corrected chi connectivity index (χ1v) is 3.03. The van der Waals surface area contributed by atoms with Crippen LogP contribution in [0.15, 0.2) is 11.3 Å². The van der Waals surface area contributed by atoms with Gasteiger partial charge in [0, 0.05) is 6.72 Å². The SMILES string of the molecule is C=[N+]1C=Nc2c(N)ncnc21. The third kappa shape index (κ3) is 0.706. The third-order valence-corrected chi connectivity index (χ3v) is 1.43. The van der Waals surface area contributed by atoms with Gasteiger partial charge in [-0.3, -0.25) is 0 Å². The number of aromatic nitrogens is 2. The molecule has 2 rings (SSSR count). The first kappa shape index (κ1) is 5.96. The Kier molecular flexibility index (Phi) is 1.00. The number of rotatable bonds is 0. The summed E-state index contributed by atoms with van der Waals surface area (Å²) in [5.41, 5.74) is 6.11. The van der Waals surface area contributed by atoms with E-state index in [1.807, 2.05) is 0 Å². The van der Waals surface area contributed by atoms with Crippen molar-refractivity contribution in [1.82, 2.24) is 9.97 Å². The van der Waals surface area contributed by atoms with Crippen LogP contribution in [0.3, 0.4) is 0 Å². The fraction of sp³-hybridized carbons (Fsp3) is 0. The van der Waals surface area contributed by atoms with Crippen LogP contribution >= 0.6 is 0 Å². The summed E-state index contributed by atoms with van der Waals surface area (Å²) in [7, 11) is 0. The number of nitrogens with two attached hydrogens (primary N) is 1. The van der Waals surface area contributed by atoms with Crippen LogP contribution < -0.4 is 5.73 Å². The van der Waals surface area contributed by atoms with E-state index in [0.29, 0.717) is 17.3 Å². The molecule has 0 spiro atoms. The molecule has 1 aliphatic heterocycles. The highest BCUT2D eigenvalue weighted by Crippen LogP contribution is 2.31. The van der Waals surface area contributed by atoms with Gasteiger partial charge in [0.05, 0.1) is 0 Å². The van der Waals surface area contributed by atoms with Crippen molar-refractivity contribution in [3.8, 4) is 0 Å². The van der Waals surface area contributed by atoms with E-state index in [2.05, 4.69) is 21.7 Å². The van der Waals surface area contributed by atoms with E-state index in [0.717, 1.165) is 0 Å². The minimum absolute atomic E-state index is 0.386. The summed E-state index contributed by atoms with van der Waals surface area (Å²) in [6.45, 7) is 3.66. The zero-order valence-electron chi connectivity index (χ0n) is 5.73. The Hall–Kier alpha value is -1.78. The standard InChI is InChI=1S/C6H6N5/c1-11-3-10-4-5(7)8-2-9-6(4)11/h2-3H,1H2,(H2,7,8,9)/q+1. The molecule has 5 nitrogen and oxygen atoms in total. The lowest BCUT2D eigenvalue weighted by Gasteiger charge is -1.90. The van der Waals surface area contributed by atoms with E-state index in [4.69, 9.17) is 5.73 Å². The van der Waals surface area contributed by atoms with Crippen molar-refractivity contribution in [2.45, 2.75) is 0 Å². The minimum atomic E-state index is 0.386. The lowest BCUT2D eigenvalue weighted by molar-refractivity contribution is -0.282. The third-order valence-electron chi connectivity index (χ3n) is 1.43. The number of aliphatic imine (C=N–C) groups is 1. The smallest absolute Gasteiger partial charge is 0.314 e. The van der Waals surface area contributed by atoms with Gasteiger partial charge in [-0.15, -0.1) is 0 Å². The molecule has 2 heterocycles. The number of anilines is 1. The van der Waals surface area contributed by atoms with Gasteiger partial charge in [0.1, 0.15) is 0 Å². The molecular weight excluding hydrogens is 142 g/mol. The molecule has 11 heavy (non-hydrogen) atoms. The Bertz CT molecular complexity index is 354. The Morgan fingerprint density at radius 1 is 1.45 bits per heavy atom. The molecule has 0 fully saturated rings. The van der Waals surface area contributed by atoms with Crippen LogP contribution in [-0.2, 0) is 0 Å². The first-order chi connectivity index (χ1) is 5.29. The van der Waals surface area contributed by atoms with E-state index < -0.39 is 0 Å². The number of fused-ring (bicyclic) bond motifs is 1. The van der Waals surface area contributed by atoms with Gasteiger partial charge in [-0.2, -0.15) is 4.98 Å². The van der Waals surface area contributed by atoms with E-state index >= 15 is 0 Å². The summed E-state index contributed by atoms with van der Waals surface area (Å²) in [5, 5.41) is 0. The summed E-state index contributed by atoms with van der Waals surface area (Å²) in [6.07, 6.45) is 2.94. The average molecular weight is 148 g/mol. The van der Waals surface area contributed by atoms with Crippen molar-refractivity contribution in [1.29, 1.82) is 0 Å². The van der Waals surface area contributed by atoms with Gasteiger partial charge in [0.2, 0.25) is 6.34 Å². The second-order valence-electron chi connectivity index (χ2n) is 2.15. The Balaban J connectivity index is 2.74. The van der Waals surface area contributed by atoms with Crippen molar-refractivity contribution in [3.05, 3.63) is 6.33 Å². The zero-order valence-corrected chi connectivity index (χ0v) is 5.73. The maximum atomic E-state index is 5.51. The maximum absolute atomic E-state index is 5.51. The second kappa shape index (κ2) is 1.85. The predicted molar refractivity (Wildman–Crippen MR) is 41.6 cm³/mol. The quantitative estimate of drug-likeness (QED) is 0.529. The molecule has 0 bridgehead atoms. The van der Waals surface area contributed by atoms with Gasteiger partial charge in [-0.1, -0.05) is 9.98 Å². The van der Waals surface area contributed by atoms with Gasteiger partial charge in [-0.25, -0.2) is 4.58 Å². The lowest BCUT2D eigenvalue weighted by atomic mass is 10.4. The fourth-order valence-corrected chi connectivity index (χ4v) is 0.899. The second-order valence-corrected chi connectivity index (χ2v) is 2.15. The highest BCUT2D eigenvalue weighted by atomic mass is 15.2. The summed E-state index contributed by atoms with van der Waals surface area (Å²) < 4.78 is 1.55. The topological polar surface area (TPSA) is 67.2 Å². The summed E-state index contributed by atoms with van der Waals surface area (Å²) in [5.74, 6) is 1.04. The molecule has 0 atom stereocenters. The molecule has 0 radical (unpaired) electrons. The molecule has 54 valence electrons. The molecule has 0 amide bonds. The molecular formula is C6H6N5+. The zero-order chi connectivity index (χ0) is 7.84. The molecule has 0 saturated carbocycles. The average Bonchev–Trinajstić information content (AvgIpc) is 2.35. The molecule has 1 aliphatic rings. The largest absolute Gasteiger partial charge is 0.380 e. The van der Waals surface area contributed by atoms with Crippen molar-refractivity contribution in [3.63, 3.8) is 0 Å². The molecule has 2 N–H and O–H groups in total. The molecule has 0 unspecified atom stereocenters. The number of hydrogen-bond donors (Lipinski definition) is 1. The van der Waals surface area contributed by atoms with Gasteiger partial charge in [0.25, 0.3) is 5.69 Å². The molecule has 1 aromatic rings. The minimum Gasteiger partial charge on any atom is -0.380 e. The van der Waals surface area contributed by atoms with Crippen LogP contribution in [0.2, 0.25) is 0 Å². The Labute approximate surface area is 62.9 Å².